The Morgan fingerprint density at radius 2 is 1.64 bits per heavy atom. The summed E-state index contributed by atoms with van der Waals surface area (Å²) in [7, 11) is 0. The average Bonchev–Trinajstić information content (AvgIpc) is 3.51. The number of hydrogen-bond acceptors (Lipinski definition) is 2. The van der Waals surface area contributed by atoms with Crippen LogP contribution >= 0.6 is 0 Å². The highest BCUT2D eigenvalue weighted by molar-refractivity contribution is 5.79. The fourth-order valence-corrected chi connectivity index (χ4v) is 3.49. The molecule has 1 aliphatic rings. The molecule has 0 saturated heterocycles. The van der Waals surface area contributed by atoms with Gasteiger partial charge in [0.05, 0.1) is 12.5 Å². The number of rotatable bonds is 8. The molecule has 2 aromatic rings. The van der Waals surface area contributed by atoms with Crippen molar-refractivity contribution in [2.45, 2.75) is 64.6 Å². The van der Waals surface area contributed by atoms with Gasteiger partial charge in [0, 0.05) is 19.5 Å². The van der Waals surface area contributed by atoms with Crippen molar-refractivity contribution in [2.75, 3.05) is 0 Å². The van der Waals surface area contributed by atoms with E-state index >= 15 is 0 Å². The molecule has 0 spiro atoms. The van der Waals surface area contributed by atoms with Gasteiger partial charge in [-0.25, -0.2) is 0 Å². The molecule has 1 saturated carbocycles. The topological polar surface area (TPSA) is 49.4 Å². The summed E-state index contributed by atoms with van der Waals surface area (Å²) in [5, 5.41) is 2.94. The standard InChI is InChI=1S/C24H30N2O2/c1-17(2)20-11-9-19(10-12-20)16-26(22-13-14-22)24(28)15-23(25-18(3)27)21-7-5-4-6-8-21/h4-12,17,22-23H,13-16H2,1-3H3,(H,25,27)/t23-/m0/s1. The van der Waals surface area contributed by atoms with E-state index in [0.29, 0.717) is 18.5 Å². The second-order valence-electron chi connectivity index (χ2n) is 8.02. The highest BCUT2D eigenvalue weighted by atomic mass is 16.2. The Balaban J connectivity index is 1.72. The van der Waals surface area contributed by atoms with Crippen LogP contribution in [0.5, 0.6) is 0 Å². The van der Waals surface area contributed by atoms with Crippen molar-refractivity contribution < 1.29 is 9.59 Å². The van der Waals surface area contributed by atoms with E-state index in [4.69, 9.17) is 0 Å². The molecule has 4 heteroatoms. The van der Waals surface area contributed by atoms with E-state index in [1.165, 1.54) is 12.5 Å². The molecule has 4 nitrogen and oxygen atoms in total. The minimum atomic E-state index is -0.296. The summed E-state index contributed by atoms with van der Waals surface area (Å²) in [6.45, 7) is 6.49. The van der Waals surface area contributed by atoms with Crippen LogP contribution < -0.4 is 5.32 Å². The van der Waals surface area contributed by atoms with Crippen LogP contribution in [0, 0.1) is 0 Å². The van der Waals surface area contributed by atoms with Gasteiger partial charge in [0.1, 0.15) is 0 Å². The van der Waals surface area contributed by atoms with Gasteiger partial charge < -0.3 is 10.2 Å². The highest BCUT2D eigenvalue weighted by Crippen LogP contribution is 2.30. The molecular weight excluding hydrogens is 348 g/mol. The maximum absolute atomic E-state index is 13.1. The summed E-state index contributed by atoms with van der Waals surface area (Å²) in [5.41, 5.74) is 3.42. The first kappa shape index (κ1) is 20.1. The quantitative estimate of drug-likeness (QED) is 0.731. The van der Waals surface area contributed by atoms with Crippen molar-refractivity contribution in [1.29, 1.82) is 0 Å². The number of carbonyl (C=O) groups is 2. The van der Waals surface area contributed by atoms with Crippen LogP contribution in [0.1, 0.15) is 68.7 Å². The molecule has 28 heavy (non-hydrogen) atoms. The zero-order valence-corrected chi connectivity index (χ0v) is 17.0. The Bertz CT molecular complexity index is 795. The monoisotopic (exact) mass is 378 g/mol. The lowest BCUT2D eigenvalue weighted by Crippen LogP contribution is -2.36. The van der Waals surface area contributed by atoms with Gasteiger partial charge >= 0.3 is 0 Å². The first-order chi connectivity index (χ1) is 13.4. The molecule has 1 atom stereocenters. The Morgan fingerprint density at radius 3 is 2.18 bits per heavy atom. The number of amides is 2. The van der Waals surface area contributed by atoms with E-state index in [0.717, 1.165) is 24.0 Å². The zero-order chi connectivity index (χ0) is 20.1. The third-order valence-corrected chi connectivity index (χ3v) is 5.27. The third-order valence-electron chi connectivity index (χ3n) is 5.27. The molecule has 148 valence electrons. The normalized spacial score (nSPS) is 14.6. The minimum absolute atomic E-state index is 0.0954. The van der Waals surface area contributed by atoms with E-state index in [-0.39, 0.29) is 24.3 Å². The lowest BCUT2D eigenvalue weighted by atomic mass is 10.0. The molecule has 0 radical (unpaired) electrons. The van der Waals surface area contributed by atoms with E-state index in [2.05, 4.69) is 43.4 Å². The molecule has 1 aliphatic carbocycles. The van der Waals surface area contributed by atoms with Crippen molar-refractivity contribution in [3.05, 3.63) is 71.3 Å². The smallest absolute Gasteiger partial charge is 0.225 e. The molecule has 3 rings (SSSR count). The fourth-order valence-electron chi connectivity index (χ4n) is 3.49. The van der Waals surface area contributed by atoms with Gasteiger partial charge in [-0.3, -0.25) is 9.59 Å². The van der Waals surface area contributed by atoms with Gasteiger partial charge in [0.15, 0.2) is 0 Å². The second kappa shape index (κ2) is 9.05. The summed E-state index contributed by atoms with van der Waals surface area (Å²) in [6, 6.07) is 18.3. The number of nitrogens with one attached hydrogen (secondary N) is 1. The maximum Gasteiger partial charge on any atom is 0.225 e. The maximum atomic E-state index is 13.1. The van der Waals surface area contributed by atoms with Gasteiger partial charge in [0.2, 0.25) is 11.8 Å². The molecule has 2 aromatic carbocycles. The van der Waals surface area contributed by atoms with Crippen LogP contribution in [0.2, 0.25) is 0 Å². The van der Waals surface area contributed by atoms with Crippen molar-refractivity contribution in [2.24, 2.45) is 0 Å². The molecule has 1 fully saturated rings. The minimum Gasteiger partial charge on any atom is -0.349 e. The first-order valence-corrected chi connectivity index (χ1v) is 10.1. The first-order valence-electron chi connectivity index (χ1n) is 10.1. The molecule has 0 bridgehead atoms. The van der Waals surface area contributed by atoms with Gasteiger partial charge in [-0.15, -0.1) is 0 Å². The van der Waals surface area contributed by atoms with Crippen LogP contribution in [0.3, 0.4) is 0 Å². The largest absolute Gasteiger partial charge is 0.349 e. The molecular formula is C24H30N2O2. The van der Waals surface area contributed by atoms with E-state index in [9.17, 15) is 9.59 Å². The Morgan fingerprint density at radius 1 is 1.00 bits per heavy atom. The lowest BCUT2D eigenvalue weighted by Gasteiger charge is -2.26. The summed E-state index contributed by atoms with van der Waals surface area (Å²) in [5.74, 6) is 0.474. The van der Waals surface area contributed by atoms with Crippen LogP contribution in [0.4, 0.5) is 0 Å². The number of carbonyl (C=O) groups excluding carboxylic acids is 2. The number of hydrogen-bond donors (Lipinski definition) is 1. The number of benzene rings is 2. The predicted octanol–water partition coefficient (Wildman–Crippen LogP) is 4.57. The van der Waals surface area contributed by atoms with Crippen LogP contribution in [0.25, 0.3) is 0 Å². The van der Waals surface area contributed by atoms with E-state index in [1.54, 1.807) is 0 Å². The molecule has 1 N–H and O–H groups in total. The molecule has 0 unspecified atom stereocenters. The Labute approximate surface area is 167 Å². The predicted molar refractivity (Wildman–Crippen MR) is 112 cm³/mol. The zero-order valence-electron chi connectivity index (χ0n) is 17.0. The van der Waals surface area contributed by atoms with Gasteiger partial charge in [-0.1, -0.05) is 68.4 Å². The van der Waals surface area contributed by atoms with Crippen molar-refractivity contribution in [1.82, 2.24) is 10.2 Å². The van der Waals surface area contributed by atoms with Gasteiger partial charge in [0.25, 0.3) is 0 Å². The van der Waals surface area contributed by atoms with Gasteiger partial charge in [-0.05, 0) is 35.4 Å². The van der Waals surface area contributed by atoms with Crippen molar-refractivity contribution >= 4 is 11.8 Å². The Hall–Kier alpha value is -2.62. The molecule has 0 heterocycles. The van der Waals surface area contributed by atoms with Crippen molar-refractivity contribution in [3.63, 3.8) is 0 Å². The van der Waals surface area contributed by atoms with Crippen LogP contribution in [0.15, 0.2) is 54.6 Å². The van der Waals surface area contributed by atoms with Crippen LogP contribution in [-0.2, 0) is 16.1 Å². The molecule has 2 amide bonds. The summed E-state index contributed by atoms with van der Waals surface area (Å²) >= 11 is 0. The fraction of sp³-hybridized carbons (Fsp3) is 0.417. The highest BCUT2D eigenvalue weighted by Gasteiger charge is 2.33. The summed E-state index contributed by atoms with van der Waals surface area (Å²) in [6.07, 6.45) is 2.40. The lowest BCUT2D eigenvalue weighted by molar-refractivity contribution is -0.133. The molecule has 0 aromatic heterocycles. The summed E-state index contributed by atoms with van der Waals surface area (Å²) < 4.78 is 0. The average molecular weight is 379 g/mol. The third kappa shape index (κ3) is 5.44. The second-order valence-corrected chi connectivity index (χ2v) is 8.02. The molecule has 0 aliphatic heterocycles. The van der Waals surface area contributed by atoms with E-state index < -0.39 is 0 Å². The number of nitrogens with zero attached hydrogens (tertiary/aromatic N) is 1. The van der Waals surface area contributed by atoms with Gasteiger partial charge in [-0.2, -0.15) is 0 Å². The van der Waals surface area contributed by atoms with Crippen LogP contribution in [-0.4, -0.2) is 22.8 Å². The summed E-state index contributed by atoms with van der Waals surface area (Å²) in [4.78, 5) is 26.8. The SMILES string of the molecule is CC(=O)N[C@@H](CC(=O)N(Cc1ccc(C(C)C)cc1)C1CC1)c1ccccc1. The Kier molecular flexibility index (Phi) is 6.50. The van der Waals surface area contributed by atoms with Crippen molar-refractivity contribution in [3.8, 4) is 0 Å². The van der Waals surface area contributed by atoms with E-state index in [1.807, 2.05) is 35.2 Å².